The maximum absolute atomic E-state index is 6.89. The van der Waals surface area contributed by atoms with Gasteiger partial charge in [0.2, 0.25) is 0 Å². The van der Waals surface area contributed by atoms with E-state index in [-0.39, 0.29) is 0 Å². The van der Waals surface area contributed by atoms with Gasteiger partial charge in [-0.05, 0) is 38.1 Å². The van der Waals surface area contributed by atoms with Gasteiger partial charge in [0.25, 0.3) is 0 Å². The molecule has 0 bridgehead atoms. The highest BCUT2D eigenvalue weighted by Crippen LogP contribution is 2.17. The van der Waals surface area contributed by atoms with Crippen LogP contribution in [0.3, 0.4) is 0 Å². The van der Waals surface area contributed by atoms with Gasteiger partial charge in [-0.15, -0.1) is 0 Å². The fraction of sp³-hybridized carbons (Fsp3) is 0.533. The molecule has 4 nitrogen and oxygen atoms in total. The smallest absolute Gasteiger partial charge is 0.187 e. The van der Waals surface area contributed by atoms with Crippen molar-refractivity contribution in [1.29, 1.82) is 0 Å². The molecule has 0 atom stereocenters. The first-order chi connectivity index (χ1) is 9.38. The summed E-state index contributed by atoms with van der Waals surface area (Å²) in [5.41, 5.74) is 0.657. The van der Waals surface area contributed by atoms with Crippen molar-refractivity contribution < 1.29 is 4.74 Å². The Morgan fingerprint density at radius 1 is 1.21 bits per heavy atom. The molecule has 0 aliphatic carbocycles. The van der Waals surface area contributed by atoms with Gasteiger partial charge >= 0.3 is 0 Å². The number of nitrogens with zero attached hydrogens (tertiary/aromatic N) is 2. The van der Waals surface area contributed by atoms with Crippen molar-refractivity contribution in [2.75, 3.05) is 39.3 Å². The maximum Gasteiger partial charge on any atom is 0.187 e. The Balaban J connectivity index is 1.64. The van der Waals surface area contributed by atoms with Crippen molar-refractivity contribution in [1.82, 2.24) is 10.2 Å². The predicted molar refractivity (Wildman–Crippen MR) is 76.7 cm³/mol. The third kappa shape index (κ3) is 4.90. The highest BCUT2D eigenvalue weighted by atomic mass is 16.5. The summed E-state index contributed by atoms with van der Waals surface area (Å²) in [5.74, 6) is 0.852. The lowest BCUT2D eigenvalue weighted by Crippen LogP contribution is -2.29. The third-order valence-corrected chi connectivity index (χ3v) is 3.29. The van der Waals surface area contributed by atoms with Crippen LogP contribution in [0.25, 0.3) is 4.85 Å². The van der Waals surface area contributed by atoms with Gasteiger partial charge in [0.1, 0.15) is 5.75 Å². The molecule has 1 aliphatic heterocycles. The second-order valence-corrected chi connectivity index (χ2v) is 4.75. The average Bonchev–Trinajstić information content (AvgIpc) is 2.73. The summed E-state index contributed by atoms with van der Waals surface area (Å²) in [7, 11) is 0. The van der Waals surface area contributed by atoms with Gasteiger partial charge in [0.05, 0.1) is 13.2 Å². The maximum atomic E-state index is 6.89. The Morgan fingerprint density at radius 2 is 2.05 bits per heavy atom. The molecule has 1 N–H and O–H groups in total. The van der Waals surface area contributed by atoms with Crippen LogP contribution in [0.15, 0.2) is 24.3 Å². The number of hydrogen-bond acceptors (Lipinski definition) is 3. The molecule has 0 spiro atoms. The molecule has 0 radical (unpaired) electrons. The van der Waals surface area contributed by atoms with Crippen LogP contribution >= 0.6 is 0 Å². The molecule has 0 unspecified atom stereocenters. The highest BCUT2D eigenvalue weighted by Gasteiger charge is 2.07. The molecule has 0 saturated carbocycles. The van der Waals surface area contributed by atoms with Crippen molar-refractivity contribution in [2.45, 2.75) is 12.8 Å². The van der Waals surface area contributed by atoms with Gasteiger partial charge in [-0.25, -0.2) is 4.85 Å². The first-order valence-electron chi connectivity index (χ1n) is 6.92. The molecule has 0 aromatic heterocycles. The summed E-state index contributed by atoms with van der Waals surface area (Å²) in [6.07, 6.45) is 2.28. The SMILES string of the molecule is [C-]#[N+]c1ccc(OCCCN2CCCNCC2)cc1. The Labute approximate surface area is 115 Å². The molecule has 1 aliphatic rings. The van der Waals surface area contributed by atoms with E-state index in [4.69, 9.17) is 11.3 Å². The number of hydrogen-bond donors (Lipinski definition) is 1. The van der Waals surface area contributed by atoms with Gasteiger partial charge in [-0.2, -0.15) is 0 Å². The molecule has 1 aromatic rings. The van der Waals surface area contributed by atoms with E-state index in [1.807, 2.05) is 12.1 Å². The van der Waals surface area contributed by atoms with Crippen LogP contribution < -0.4 is 10.1 Å². The van der Waals surface area contributed by atoms with E-state index in [0.29, 0.717) is 5.69 Å². The van der Waals surface area contributed by atoms with E-state index in [9.17, 15) is 0 Å². The minimum absolute atomic E-state index is 0.657. The molecule has 19 heavy (non-hydrogen) atoms. The van der Waals surface area contributed by atoms with Gasteiger partial charge in [-0.1, -0.05) is 12.1 Å². The molecule has 102 valence electrons. The molecule has 1 fully saturated rings. The third-order valence-electron chi connectivity index (χ3n) is 3.29. The predicted octanol–water partition coefficient (Wildman–Crippen LogP) is 2.30. The summed E-state index contributed by atoms with van der Waals surface area (Å²) in [5, 5.41) is 3.41. The van der Waals surface area contributed by atoms with Gasteiger partial charge in [0, 0.05) is 19.6 Å². The van der Waals surface area contributed by atoms with Crippen molar-refractivity contribution in [3.8, 4) is 5.75 Å². The Bertz CT molecular complexity index is 402. The van der Waals surface area contributed by atoms with Crippen LogP contribution in [0.1, 0.15) is 12.8 Å². The van der Waals surface area contributed by atoms with Crippen molar-refractivity contribution in [3.05, 3.63) is 35.7 Å². The average molecular weight is 259 g/mol. The van der Waals surface area contributed by atoms with E-state index in [2.05, 4.69) is 15.1 Å². The fourth-order valence-corrected chi connectivity index (χ4v) is 2.22. The summed E-state index contributed by atoms with van der Waals surface area (Å²) < 4.78 is 5.68. The number of nitrogens with one attached hydrogen (secondary N) is 1. The first kappa shape index (κ1) is 13.9. The largest absolute Gasteiger partial charge is 0.494 e. The zero-order valence-corrected chi connectivity index (χ0v) is 11.3. The number of ether oxygens (including phenoxy) is 1. The minimum atomic E-state index is 0.657. The monoisotopic (exact) mass is 259 g/mol. The molecule has 4 heteroatoms. The van der Waals surface area contributed by atoms with Crippen LogP contribution in [0.4, 0.5) is 5.69 Å². The summed E-state index contributed by atoms with van der Waals surface area (Å²) in [6, 6.07) is 7.32. The molecule has 0 amide bonds. The van der Waals surface area contributed by atoms with E-state index in [0.717, 1.165) is 45.0 Å². The Kier molecular flexibility index (Phi) is 5.67. The fourth-order valence-electron chi connectivity index (χ4n) is 2.22. The van der Waals surface area contributed by atoms with Crippen LogP contribution in [0.2, 0.25) is 0 Å². The standard InChI is InChI=1S/C15H21N3O/c1-16-14-4-6-15(7-5-14)19-13-3-11-18-10-2-8-17-9-12-18/h4-7,17H,2-3,8-13H2. The van der Waals surface area contributed by atoms with Crippen molar-refractivity contribution in [3.63, 3.8) is 0 Å². The lowest BCUT2D eigenvalue weighted by Gasteiger charge is -2.19. The Hall–Kier alpha value is -1.57. The lowest BCUT2D eigenvalue weighted by atomic mass is 10.3. The summed E-state index contributed by atoms with van der Waals surface area (Å²) in [6.45, 7) is 13.3. The van der Waals surface area contributed by atoms with E-state index in [1.54, 1.807) is 12.1 Å². The minimum Gasteiger partial charge on any atom is -0.494 e. The van der Waals surface area contributed by atoms with Crippen LogP contribution in [0.5, 0.6) is 5.75 Å². The molecular formula is C15H21N3O. The van der Waals surface area contributed by atoms with Crippen LogP contribution in [0, 0.1) is 6.57 Å². The van der Waals surface area contributed by atoms with Crippen molar-refractivity contribution in [2.24, 2.45) is 0 Å². The highest BCUT2D eigenvalue weighted by molar-refractivity contribution is 5.46. The van der Waals surface area contributed by atoms with Crippen LogP contribution in [-0.2, 0) is 0 Å². The second kappa shape index (κ2) is 7.78. The van der Waals surface area contributed by atoms with E-state index < -0.39 is 0 Å². The summed E-state index contributed by atoms with van der Waals surface area (Å²) in [4.78, 5) is 5.85. The first-order valence-corrected chi connectivity index (χ1v) is 6.92. The van der Waals surface area contributed by atoms with Gasteiger partial charge in [0.15, 0.2) is 5.69 Å². The summed E-state index contributed by atoms with van der Waals surface area (Å²) >= 11 is 0. The van der Waals surface area contributed by atoms with E-state index in [1.165, 1.54) is 13.0 Å². The second-order valence-electron chi connectivity index (χ2n) is 4.75. The van der Waals surface area contributed by atoms with Crippen molar-refractivity contribution >= 4 is 5.69 Å². The van der Waals surface area contributed by atoms with Gasteiger partial charge in [-0.3, -0.25) is 0 Å². The van der Waals surface area contributed by atoms with Crippen LogP contribution in [-0.4, -0.2) is 44.2 Å². The molecule has 1 heterocycles. The normalized spacial score (nSPS) is 16.6. The lowest BCUT2D eigenvalue weighted by molar-refractivity contribution is 0.244. The topological polar surface area (TPSA) is 28.9 Å². The number of rotatable bonds is 5. The molecule has 1 aromatic carbocycles. The molecule has 2 rings (SSSR count). The van der Waals surface area contributed by atoms with Gasteiger partial charge < -0.3 is 15.0 Å². The zero-order chi connectivity index (χ0) is 13.3. The quantitative estimate of drug-likeness (QED) is 0.650. The molecule has 1 saturated heterocycles. The van der Waals surface area contributed by atoms with E-state index >= 15 is 0 Å². The Morgan fingerprint density at radius 3 is 2.84 bits per heavy atom. The number of benzene rings is 1. The zero-order valence-electron chi connectivity index (χ0n) is 11.3. The molecular weight excluding hydrogens is 238 g/mol.